The number of aliphatic hydroxyl groups excluding tert-OH is 1. The lowest BCUT2D eigenvalue weighted by Crippen LogP contribution is -2.10. The fraction of sp³-hybridized carbons (Fsp3) is 0.833. The molecule has 0 spiro atoms. The molecule has 1 nitrogen and oxygen atoms in total. The van der Waals surface area contributed by atoms with Crippen LogP contribution in [0.25, 0.3) is 0 Å². The number of fused-ring (bicyclic) bond motifs is 1. The second-order valence-corrected chi connectivity index (χ2v) is 4.39. The third-order valence-corrected chi connectivity index (χ3v) is 3.66. The van der Waals surface area contributed by atoms with Gasteiger partial charge in [-0.1, -0.05) is 12.8 Å². The van der Waals surface area contributed by atoms with Gasteiger partial charge in [-0.2, -0.15) is 0 Å². The van der Waals surface area contributed by atoms with Crippen molar-refractivity contribution in [2.24, 2.45) is 17.8 Å². The fourth-order valence-corrected chi connectivity index (χ4v) is 2.96. The Morgan fingerprint density at radius 2 is 1.92 bits per heavy atom. The van der Waals surface area contributed by atoms with Crippen molar-refractivity contribution in [2.75, 3.05) is 0 Å². The summed E-state index contributed by atoms with van der Waals surface area (Å²) >= 11 is 0. The molecule has 0 saturated heterocycles. The summed E-state index contributed by atoms with van der Waals surface area (Å²) in [4.78, 5) is 0. The molecule has 0 heterocycles. The zero-order valence-electron chi connectivity index (χ0n) is 8.29. The predicted octanol–water partition coefficient (Wildman–Crippen LogP) is 2.20. The monoisotopic (exact) mass is 178 g/mol. The van der Waals surface area contributed by atoms with Gasteiger partial charge in [-0.25, -0.2) is 0 Å². The van der Waals surface area contributed by atoms with Gasteiger partial charge < -0.3 is 5.11 Å². The largest absolute Gasteiger partial charge is 0.392 e. The molecule has 13 heavy (non-hydrogen) atoms. The smallest absolute Gasteiger partial charge is 0.0683 e. The maximum Gasteiger partial charge on any atom is 0.0683 e. The molecule has 3 atom stereocenters. The summed E-state index contributed by atoms with van der Waals surface area (Å²) in [6.07, 6.45) is 6.01. The van der Waals surface area contributed by atoms with Crippen molar-refractivity contribution in [1.29, 1.82) is 0 Å². The topological polar surface area (TPSA) is 20.2 Å². The first-order valence-corrected chi connectivity index (χ1v) is 5.42. The van der Waals surface area contributed by atoms with Crippen molar-refractivity contribution in [3.63, 3.8) is 0 Å². The number of hydrogen-bond acceptors (Lipinski definition) is 1. The number of hydrogen-bond donors (Lipinski definition) is 1. The van der Waals surface area contributed by atoms with E-state index in [0.29, 0.717) is 12.3 Å². The highest BCUT2D eigenvalue weighted by atomic mass is 16.3. The Morgan fingerprint density at radius 3 is 2.46 bits per heavy atom. The van der Waals surface area contributed by atoms with Gasteiger partial charge in [-0.15, -0.1) is 11.8 Å². The van der Waals surface area contributed by atoms with Crippen LogP contribution in [0.5, 0.6) is 0 Å². The van der Waals surface area contributed by atoms with Crippen LogP contribution in [-0.4, -0.2) is 11.2 Å². The minimum absolute atomic E-state index is 0.138. The van der Waals surface area contributed by atoms with E-state index in [2.05, 4.69) is 11.8 Å². The molecule has 2 aliphatic carbocycles. The van der Waals surface area contributed by atoms with Crippen molar-refractivity contribution >= 4 is 0 Å². The zero-order chi connectivity index (χ0) is 9.26. The summed E-state index contributed by atoms with van der Waals surface area (Å²) in [6.45, 7) is 1.84. The first-order valence-electron chi connectivity index (χ1n) is 5.42. The third kappa shape index (κ3) is 1.74. The molecule has 3 unspecified atom stereocenters. The van der Waals surface area contributed by atoms with Gasteiger partial charge in [-0.3, -0.25) is 0 Å². The Kier molecular flexibility index (Phi) is 2.60. The second kappa shape index (κ2) is 3.72. The van der Waals surface area contributed by atoms with E-state index in [0.717, 1.165) is 11.8 Å². The fourth-order valence-electron chi connectivity index (χ4n) is 2.96. The first kappa shape index (κ1) is 9.09. The molecule has 0 radical (unpaired) electrons. The van der Waals surface area contributed by atoms with Crippen LogP contribution in [0.4, 0.5) is 0 Å². The van der Waals surface area contributed by atoms with Crippen LogP contribution >= 0.6 is 0 Å². The third-order valence-electron chi connectivity index (χ3n) is 3.66. The van der Waals surface area contributed by atoms with E-state index in [1.54, 1.807) is 0 Å². The maximum absolute atomic E-state index is 9.85. The molecule has 2 aliphatic rings. The molecule has 0 aliphatic heterocycles. The van der Waals surface area contributed by atoms with Gasteiger partial charge in [0.15, 0.2) is 0 Å². The number of aliphatic hydroxyl groups is 1. The van der Waals surface area contributed by atoms with E-state index in [9.17, 15) is 5.11 Å². The first-order chi connectivity index (χ1) is 6.34. The summed E-state index contributed by atoms with van der Waals surface area (Å²) in [5.41, 5.74) is 0. The molecule has 0 aromatic rings. The quantitative estimate of drug-likeness (QED) is 0.643. The molecule has 1 heteroatoms. The van der Waals surface area contributed by atoms with Gasteiger partial charge in [-0.05, 0) is 37.5 Å². The standard InChI is InChI=1S/C12H18O/c1-2-3-8-11(13)12-9-6-4-5-7-10(9)12/h9-13H,4-8H2,1H3. The molecule has 0 aromatic carbocycles. The molecule has 2 fully saturated rings. The molecule has 2 saturated carbocycles. The van der Waals surface area contributed by atoms with Crippen molar-refractivity contribution in [1.82, 2.24) is 0 Å². The van der Waals surface area contributed by atoms with Crippen LogP contribution in [-0.2, 0) is 0 Å². The Balaban J connectivity index is 1.84. The molecule has 72 valence electrons. The highest BCUT2D eigenvalue weighted by Crippen LogP contribution is 2.57. The van der Waals surface area contributed by atoms with Crippen molar-refractivity contribution in [3.8, 4) is 11.8 Å². The molecule has 1 N–H and O–H groups in total. The van der Waals surface area contributed by atoms with Gasteiger partial charge >= 0.3 is 0 Å². The highest BCUT2D eigenvalue weighted by Gasteiger charge is 2.53. The SMILES string of the molecule is CC#CCC(O)C1C2CCCCC21. The molecule has 0 aromatic heterocycles. The molecule has 0 amide bonds. The Labute approximate surface area is 80.5 Å². The van der Waals surface area contributed by atoms with Gasteiger partial charge in [0.05, 0.1) is 6.10 Å². The maximum atomic E-state index is 9.85. The summed E-state index contributed by atoms with van der Waals surface area (Å²) in [6, 6.07) is 0. The van der Waals surface area contributed by atoms with Crippen LogP contribution in [0.1, 0.15) is 39.0 Å². The summed E-state index contributed by atoms with van der Waals surface area (Å²) in [5, 5.41) is 9.85. The Morgan fingerprint density at radius 1 is 1.31 bits per heavy atom. The minimum Gasteiger partial charge on any atom is -0.392 e. The van der Waals surface area contributed by atoms with E-state index in [4.69, 9.17) is 0 Å². The molecule has 0 bridgehead atoms. The second-order valence-electron chi connectivity index (χ2n) is 4.39. The normalized spacial score (nSPS) is 38.5. The van der Waals surface area contributed by atoms with Gasteiger partial charge in [0, 0.05) is 6.42 Å². The summed E-state index contributed by atoms with van der Waals surface area (Å²) < 4.78 is 0. The van der Waals surface area contributed by atoms with Crippen LogP contribution < -0.4 is 0 Å². The summed E-state index contributed by atoms with van der Waals surface area (Å²) in [7, 11) is 0. The van der Waals surface area contributed by atoms with Gasteiger partial charge in [0.2, 0.25) is 0 Å². The lowest BCUT2D eigenvalue weighted by atomic mass is 10.0. The average Bonchev–Trinajstić information content (AvgIpc) is 2.88. The summed E-state index contributed by atoms with van der Waals surface area (Å²) in [5.74, 6) is 8.13. The zero-order valence-corrected chi connectivity index (χ0v) is 8.29. The predicted molar refractivity (Wildman–Crippen MR) is 53.0 cm³/mol. The van der Waals surface area contributed by atoms with E-state index < -0.39 is 0 Å². The molecule has 2 rings (SSSR count). The van der Waals surface area contributed by atoms with E-state index in [1.807, 2.05) is 6.92 Å². The van der Waals surface area contributed by atoms with Gasteiger partial charge in [0.1, 0.15) is 0 Å². The van der Waals surface area contributed by atoms with Gasteiger partial charge in [0.25, 0.3) is 0 Å². The van der Waals surface area contributed by atoms with E-state index in [-0.39, 0.29) is 6.10 Å². The molecular formula is C12H18O. The van der Waals surface area contributed by atoms with Crippen molar-refractivity contribution < 1.29 is 5.11 Å². The van der Waals surface area contributed by atoms with E-state index in [1.165, 1.54) is 25.7 Å². The lowest BCUT2D eigenvalue weighted by molar-refractivity contribution is 0.145. The molecular weight excluding hydrogens is 160 g/mol. The van der Waals surface area contributed by atoms with Crippen LogP contribution in [0.2, 0.25) is 0 Å². The van der Waals surface area contributed by atoms with Crippen molar-refractivity contribution in [2.45, 2.75) is 45.1 Å². The van der Waals surface area contributed by atoms with Crippen LogP contribution in [0.15, 0.2) is 0 Å². The minimum atomic E-state index is -0.138. The lowest BCUT2D eigenvalue weighted by Gasteiger charge is -2.04. The van der Waals surface area contributed by atoms with Crippen molar-refractivity contribution in [3.05, 3.63) is 0 Å². The Bertz CT molecular complexity index is 223. The van der Waals surface area contributed by atoms with E-state index >= 15 is 0 Å². The Hall–Kier alpha value is -0.480. The average molecular weight is 178 g/mol. The highest BCUT2D eigenvalue weighted by molar-refractivity contribution is 5.06. The number of rotatable bonds is 2. The van der Waals surface area contributed by atoms with Crippen LogP contribution in [0.3, 0.4) is 0 Å². The van der Waals surface area contributed by atoms with Crippen LogP contribution in [0, 0.1) is 29.6 Å².